The number of benzene rings is 5. The van der Waals surface area contributed by atoms with E-state index in [0.717, 1.165) is 5.76 Å². The molecule has 37 heavy (non-hydrogen) atoms. The molecule has 0 heterocycles. The molecule has 0 radical (unpaired) electrons. The van der Waals surface area contributed by atoms with Crippen molar-refractivity contribution in [2.24, 2.45) is 0 Å². The van der Waals surface area contributed by atoms with Gasteiger partial charge in [-0.25, -0.2) is 0 Å². The van der Waals surface area contributed by atoms with E-state index in [1.165, 1.54) is 49.4 Å². The molecule has 1 aliphatic rings. The van der Waals surface area contributed by atoms with Crippen LogP contribution in [0.1, 0.15) is 48.9 Å². The lowest BCUT2D eigenvalue weighted by atomic mass is 9.85. The molecule has 1 unspecified atom stereocenters. The first-order valence-corrected chi connectivity index (χ1v) is 16.2. The summed E-state index contributed by atoms with van der Waals surface area (Å²) in [6.45, 7) is 11.7. The molecule has 0 spiro atoms. The maximum Gasteiger partial charge on any atom is 0.250 e. The molecule has 1 atom stereocenters. The molecule has 0 saturated heterocycles. The van der Waals surface area contributed by atoms with Gasteiger partial charge in [0.2, 0.25) is 8.32 Å². The molecular formula is C35H34OSi. The second-order valence-corrected chi connectivity index (χ2v) is 16.4. The van der Waals surface area contributed by atoms with Crippen LogP contribution in [0.25, 0.3) is 27.1 Å². The SMILES string of the molecule is CC(C)(C)[Si](C)(C)OC1=C(c2ccccc2)c2c(c3ccccc3c3ccccc23)C1c1ccccc1. The first-order chi connectivity index (χ1) is 17.8. The largest absolute Gasteiger partial charge is 0.545 e. The Balaban J connectivity index is 1.80. The summed E-state index contributed by atoms with van der Waals surface area (Å²) in [6, 6.07) is 39.6. The summed E-state index contributed by atoms with van der Waals surface area (Å²) in [7, 11) is -2.15. The Morgan fingerprint density at radius 1 is 0.595 bits per heavy atom. The molecule has 0 aliphatic heterocycles. The second kappa shape index (κ2) is 8.74. The predicted octanol–water partition coefficient (Wildman–Crippen LogP) is 9.92. The topological polar surface area (TPSA) is 9.23 Å². The van der Waals surface area contributed by atoms with Crippen LogP contribution in [0.5, 0.6) is 0 Å². The summed E-state index contributed by atoms with van der Waals surface area (Å²) in [4.78, 5) is 0. The van der Waals surface area contributed by atoms with Crippen molar-refractivity contribution < 1.29 is 4.43 Å². The molecule has 0 aromatic heterocycles. The normalized spacial score (nSPS) is 15.9. The third-order valence-corrected chi connectivity index (χ3v) is 12.7. The summed E-state index contributed by atoms with van der Waals surface area (Å²) >= 11 is 0. The molecule has 0 bridgehead atoms. The molecule has 184 valence electrons. The molecule has 2 heteroatoms. The van der Waals surface area contributed by atoms with Crippen molar-refractivity contribution in [3.63, 3.8) is 0 Å². The van der Waals surface area contributed by atoms with Crippen molar-refractivity contribution in [2.45, 2.75) is 44.8 Å². The average Bonchev–Trinajstić information content (AvgIpc) is 3.23. The molecule has 0 amide bonds. The fourth-order valence-electron chi connectivity index (χ4n) is 5.53. The van der Waals surface area contributed by atoms with E-state index in [0.29, 0.717) is 0 Å². The van der Waals surface area contributed by atoms with E-state index in [4.69, 9.17) is 4.43 Å². The molecule has 1 nitrogen and oxygen atoms in total. The first-order valence-electron chi connectivity index (χ1n) is 13.3. The Bertz CT molecular complexity index is 1640. The van der Waals surface area contributed by atoms with Crippen molar-refractivity contribution in [2.75, 3.05) is 0 Å². The van der Waals surface area contributed by atoms with Gasteiger partial charge in [-0.05, 0) is 61.9 Å². The van der Waals surface area contributed by atoms with Gasteiger partial charge in [0.15, 0.2) is 0 Å². The van der Waals surface area contributed by atoms with Gasteiger partial charge in [0.05, 0.1) is 11.7 Å². The van der Waals surface area contributed by atoms with Crippen LogP contribution in [0, 0.1) is 0 Å². The maximum atomic E-state index is 7.40. The van der Waals surface area contributed by atoms with Crippen LogP contribution in [0.3, 0.4) is 0 Å². The predicted molar refractivity (Wildman–Crippen MR) is 160 cm³/mol. The fraction of sp³-hybridized carbons (Fsp3) is 0.200. The van der Waals surface area contributed by atoms with Gasteiger partial charge in [0, 0.05) is 5.57 Å². The summed E-state index contributed by atoms with van der Waals surface area (Å²) in [5.41, 5.74) is 6.44. The molecule has 0 N–H and O–H groups in total. The number of rotatable bonds is 4. The van der Waals surface area contributed by atoms with Crippen molar-refractivity contribution in [3.8, 4) is 0 Å². The Hall–Kier alpha value is -3.62. The number of hydrogen-bond donors (Lipinski definition) is 0. The smallest absolute Gasteiger partial charge is 0.250 e. The minimum Gasteiger partial charge on any atom is -0.545 e. The van der Waals surface area contributed by atoms with Crippen LogP contribution in [0.4, 0.5) is 0 Å². The van der Waals surface area contributed by atoms with Crippen LogP contribution in [0.2, 0.25) is 18.1 Å². The van der Waals surface area contributed by atoms with Gasteiger partial charge in [0.25, 0.3) is 0 Å². The van der Waals surface area contributed by atoms with E-state index in [1.54, 1.807) is 0 Å². The quantitative estimate of drug-likeness (QED) is 0.177. The molecule has 0 saturated carbocycles. The molecule has 1 aliphatic carbocycles. The lowest BCUT2D eigenvalue weighted by Crippen LogP contribution is -2.41. The Morgan fingerprint density at radius 3 is 1.68 bits per heavy atom. The Morgan fingerprint density at radius 2 is 1.08 bits per heavy atom. The highest BCUT2D eigenvalue weighted by atomic mass is 28.4. The third-order valence-electron chi connectivity index (χ3n) is 8.39. The molecule has 5 aromatic carbocycles. The third kappa shape index (κ3) is 3.83. The van der Waals surface area contributed by atoms with E-state index in [1.807, 2.05) is 0 Å². The van der Waals surface area contributed by atoms with Gasteiger partial charge in [-0.1, -0.05) is 130 Å². The summed E-state index contributed by atoms with van der Waals surface area (Å²) < 4.78 is 7.40. The number of hydrogen-bond acceptors (Lipinski definition) is 1. The highest BCUT2D eigenvalue weighted by molar-refractivity contribution is 6.74. The van der Waals surface area contributed by atoms with Crippen LogP contribution < -0.4 is 0 Å². The van der Waals surface area contributed by atoms with Crippen LogP contribution in [0.15, 0.2) is 115 Å². The molecular weight excluding hydrogens is 464 g/mol. The van der Waals surface area contributed by atoms with Gasteiger partial charge in [-0.15, -0.1) is 0 Å². The maximum absolute atomic E-state index is 7.40. The second-order valence-electron chi connectivity index (χ2n) is 11.7. The minimum atomic E-state index is -2.15. The van der Waals surface area contributed by atoms with E-state index < -0.39 is 8.32 Å². The first kappa shape index (κ1) is 23.8. The zero-order valence-corrected chi connectivity index (χ0v) is 23.4. The summed E-state index contributed by atoms with van der Waals surface area (Å²) in [5, 5.41) is 5.30. The summed E-state index contributed by atoms with van der Waals surface area (Å²) in [6.07, 6.45) is 0. The van der Waals surface area contributed by atoms with E-state index in [2.05, 4.69) is 143 Å². The molecule has 5 aromatic rings. The number of allylic oxidation sites excluding steroid dienone is 1. The number of fused-ring (bicyclic) bond motifs is 6. The zero-order valence-electron chi connectivity index (χ0n) is 22.4. The molecule has 6 rings (SSSR count). The average molecular weight is 499 g/mol. The van der Waals surface area contributed by atoms with Crippen molar-refractivity contribution in [3.05, 3.63) is 137 Å². The zero-order chi connectivity index (χ0) is 25.8. The molecule has 0 fully saturated rings. The van der Waals surface area contributed by atoms with Gasteiger partial charge >= 0.3 is 0 Å². The standard InChI is InChI=1S/C35H34OSi/c1-35(2,3)37(4,5)36-34-30(24-16-8-6-9-17-24)32-28-22-14-12-20-26(28)27-21-13-15-23-29(27)33(32)31(34)25-18-10-7-11-19-25/h6-23,30H,1-5H3. The fourth-order valence-corrected chi connectivity index (χ4v) is 6.61. The Kier molecular flexibility index (Phi) is 5.61. The summed E-state index contributed by atoms with van der Waals surface area (Å²) in [5.74, 6) is 1.15. The van der Waals surface area contributed by atoms with Crippen LogP contribution in [-0.2, 0) is 4.43 Å². The van der Waals surface area contributed by atoms with Crippen molar-refractivity contribution in [1.82, 2.24) is 0 Å². The monoisotopic (exact) mass is 498 g/mol. The lowest BCUT2D eigenvalue weighted by Gasteiger charge is -2.38. The lowest BCUT2D eigenvalue weighted by molar-refractivity contribution is 0.368. The van der Waals surface area contributed by atoms with E-state index >= 15 is 0 Å². The minimum absolute atomic E-state index is 0.0371. The van der Waals surface area contributed by atoms with Gasteiger partial charge in [-0.2, -0.15) is 0 Å². The highest BCUT2D eigenvalue weighted by Crippen LogP contribution is 2.55. The van der Waals surface area contributed by atoms with Crippen molar-refractivity contribution in [1.29, 1.82) is 0 Å². The van der Waals surface area contributed by atoms with E-state index in [9.17, 15) is 0 Å². The van der Waals surface area contributed by atoms with Gasteiger partial charge in [-0.3, -0.25) is 0 Å². The van der Waals surface area contributed by atoms with Gasteiger partial charge < -0.3 is 4.43 Å². The highest BCUT2D eigenvalue weighted by Gasteiger charge is 2.45. The van der Waals surface area contributed by atoms with Gasteiger partial charge in [0.1, 0.15) is 0 Å². The van der Waals surface area contributed by atoms with Crippen molar-refractivity contribution >= 4 is 35.4 Å². The van der Waals surface area contributed by atoms with Crippen LogP contribution >= 0.6 is 0 Å². The van der Waals surface area contributed by atoms with E-state index in [-0.39, 0.29) is 11.0 Å². The van der Waals surface area contributed by atoms with Crippen LogP contribution in [-0.4, -0.2) is 8.32 Å². The Labute approximate surface area is 221 Å².